The van der Waals surface area contributed by atoms with Crippen molar-refractivity contribution in [2.24, 2.45) is 0 Å². The van der Waals surface area contributed by atoms with Crippen LogP contribution in [0.25, 0.3) is 0 Å². The van der Waals surface area contributed by atoms with Crippen molar-refractivity contribution in [3.8, 4) is 17.2 Å². The molecule has 0 saturated carbocycles. The second kappa shape index (κ2) is 10.0. The van der Waals surface area contributed by atoms with Crippen LogP contribution in [-0.2, 0) is 6.54 Å². The lowest BCUT2D eigenvalue weighted by Crippen LogP contribution is -2.22. The summed E-state index contributed by atoms with van der Waals surface area (Å²) in [6, 6.07) is 24.2. The van der Waals surface area contributed by atoms with E-state index in [0.29, 0.717) is 31.1 Å². The fourth-order valence-corrected chi connectivity index (χ4v) is 2.57. The maximum Gasteiger partial charge on any atom is 0.251 e. The first-order valence-electron chi connectivity index (χ1n) is 9.06. The van der Waals surface area contributed by atoms with Gasteiger partial charge in [-0.2, -0.15) is 0 Å². The van der Waals surface area contributed by atoms with Crippen molar-refractivity contribution in [3.63, 3.8) is 0 Å². The minimum Gasteiger partial charge on any atom is -0.497 e. The molecule has 0 aromatic heterocycles. The number of carbonyl (C=O) groups is 1. The van der Waals surface area contributed by atoms with Crippen molar-refractivity contribution in [3.05, 3.63) is 90.0 Å². The molecule has 0 aliphatic heterocycles. The molecular formula is C23H23NO4. The Morgan fingerprint density at radius 3 is 1.93 bits per heavy atom. The van der Waals surface area contributed by atoms with Gasteiger partial charge in [-0.05, 0) is 54.1 Å². The van der Waals surface area contributed by atoms with Gasteiger partial charge in [0.25, 0.3) is 5.91 Å². The van der Waals surface area contributed by atoms with Gasteiger partial charge >= 0.3 is 0 Å². The van der Waals surface area contributed by atoms with Crippen LogP contribution in [0.4, 0.5) is 0 Å². The van der Waals surface area contributed by atoms with Crippen LogP contribution in [0.3, 0.4) is 0 Å². The molecule has 3 aromatic rings. The Labute approximate surface area is 164 Å². The molecule has 0 radical (unpaired) electrons. The van der Waals surface area contributed by atoms with E-state index in [0.717, 1.165) is 17.1 Å². The van der Waals surface area contributed by atoms with Gasteiger partial charge in [-0.15, -0.1) is 0 Å². The monoisotopic (exact) mass is 377 g/mol. The molecule has 0 heterocycles. The first-order valence-corrected chi connectivity index (χ1v) is 9.06. The molecule has 5 heteroatoms. The molecule has 1 amide bonds. The highest BCUT2D eigenvalue weighted by Crippen LogP contribution is 2.14. The van der Waals surface area contributed by atoms with Crippen LogP contribution in [0, 0.1) is 0 Å². The van der Waals surface area contributed by atoms with Crippen LogP contribution >= 0.6 is 0 Å². The Balaban J connectivity index is 1.41. The predicted octanol–water partition coefficient (Wildman–Crippen LogP) is 4.08. The van der Waals surface area contributed by atoms with Crippen molar-refractivity contribution >= 4 is 5.91 Å². The minimum absolute atomic E-state index is 0.130. The van der Waals surface area contributed by atoms with Gasteiger partial charge in [-0.3, -0.25) is 4.79 Å². The number of methoxy groups -OCH3 is 1. The normalized spacial score (nSPS) is 10.2. The van der Waals surface area contributed by atoms with Crippen LogP contribution in [0.2, 0.25) is 0 Å². The second-order valence-electron chi connectivity index (χ2n) is 6.07. The number of benzene rings is 3. The van der Waals surface area contributed by atoms with Gasteiger partial charge in [0.15, 0.2) is 0 Å². The lowest BCUT2D eigenvalue weighted by molar-refractivity contribution is 0.0951. The van der Waals surface area contributed by atoms with E-state index in [1.54, 1.807) is 31.4 Å². The topological polar surface area (TPSA) is 56.8 Å². The van der Waals surface area contributed by atoms with Gasteiger partial charge in [0.05, 0.1) is 7.11 Å². The minimum atomic E-state index is -0.130. The SMILES string of the molecule is COc1ccc(CNC(=O)c2ccc(OCCOc3ccccc3)cc2)cc1. The zero-order valence-electron chi connectivity index (χ0n) is 15.8. The van der Waals surface area contributed by atoms with E-state index in [-0.39, 0.29) is 5.91 Å². The Hall–Kier alpha value is -3.47. The molecule has 1 N–H and O–H groups in total. The van der Waals surface area contributed by atoms with Crippen molar-refractivity contribution < 1.29 is 19.0 Å². The highest BCUT2D eigenvalue weighted by molar-refractivity contribution is 5.94. The van der Waals surface area contributed by atoms with Crippen molar-refractivity contribution in [1.29, 1.82) is 0 Å². The quantitative estimate of drug-likeness (QED) is 0.571. The number of ether oxygens (including phenoxy) is 3. The standard InChI is InChI=1S/C23H23NO4/c1-26-20-11-7-18(8-12-20)17-24-23(25)19-9-13-22(14-10-19)28-16-15-27-21-5-3-2-4-6-21/h2-14H,15-17H2,1H3,(H,24,25). The number of para-hydroxylation sites is 1. The van der Waals surface area contributed by atoms with E-state index in [1.807, 2.05) is 54.6 Å². The fourth-order valence-electron chi connectivity index (χ4n) is 2.57. The number of hydrogen-bond donors (Lipinski definition) is 1. The molecule has 0 bridgehead atoms. The molecule has 28 heavy (non-hydrogen) atoms. The van der Waals surface area contributed by atoms with Crippen LogP contribution in [0.5, 0.6) is 17.2 Å². The molecule has 0 aliphatic carbocycles. The number of rotatable bonds is 9. The first kappa shape index (κ1) is 19.3. The summed E-state index contributed by atoms with van der Waals surface area (Å²) < 4.78 is 16.4. The van der Waals surface area contributed by atoms with Crippen molar-refractivity contribution in [1.82, 2.24) is 5.32 Å². The number of carbonyl (C=O) groups excluding carboxylic acids is 1. The molecule has 0 unspecified atom stereocenters. The van der Waals surface area contributed by atoms with E-state index in [9.17, 15) is 4.79 Å². The van der Waals surface area contributed by atoms with E-state index >= 15 is 0 Å². The Bertz CT molecular complexity index is 861. The summed E-state index contributed by atoms with van der Waals surface area (Å²) in [5, 5.41) is 2.90. The second-order valence-corrected chi connectivity index (χ2v) is 6.07. The highest BCUT2D eigenvalue weighted by atomic mass is 16.5. The number of nitrogens with one attached hydrogen (secondary N) is 1. The molecule has 0 atom stereocenters. The maximum atomic E-state index is 12.3. The third kappa shape index (κ3) is 5.77. The highest BCUT2D eigenvalue weighted by Gasteiger charge is 2.06. The lowest BCUT2D eigenvalue weighted by Gasteiger charge is -2.09. The number of hydrogen-bond acceptors (Lipinski definition) is 4. The van der Waals surface area contributed by atoms with Crippen molar-refractivity contribution in [2.75, 3.05) is 20.3 Å². The van der Waals surface area contributed by atoms with E-state index in [4.69, 9.17) is 14.2 Å². The molecule has 3 rings (SSSR count). The molecule has 0 spiro atoms. The predicted molar refractivity (Wildman–Crippen MR) is 108 cm³/mol. The Morgan fingerprint density at radius 1 is 0.750 bits per heavy atom. The summed E-state index contributed by atoms with van der Waals surface area (Å²) in [7, 11) is 1.63. The summed E-state index contributed by atoms with van der Waals surface area (Å²) >= 11 is 0. The molecule has 3 aromatic carbocycles. The average Bonchev–Trinajstić information content (AvgIpc) is 2.76. The molecule has 0 aliphatic rings. The van der Waals surface area contributed by atoms with Crippen LogP contribution in [0.1, 0.15) is 15.9 Å². The summed E-state index contributed by atoms with van der Waals surface area (Å²) in [5.74, 6) is 2.17. The first-order chi connectivity index (χ1) is 13.7. The van der Waals surface area contributed by atoms with Crippen molar-refractivity contribution in [2.45, 2.75) is 6.54 Å². The third-order valence-electron chi connectivity index (χ3n) is 4.09. The van der Waals surface area contributed by atoms with E-state index in [1.165, 1.54) is 0 Å². The van der Waals surface area contributed by atoms with Gasteiger partial charge in [0.2, 0.25) is 0 Å². The van der Waals surface area contributed by atoms with Gasteiger partial charge < -0.3 is 19.5 Å². The van der Waals surface area contributed by atoms with Gasteiger partial charge in [-0.25, -0.2) is 0 Å². The average molecular weight is 377 g/mol. The number of amides is 1. The van der Waals surface area contributed by atoms with Gasteiger partial charge in [0.1, 0.15) is 30.5 Å². The smallest absolute Gasteiger partial charge is 0.251 e. The van der Waals surface area contributed by atoms with E-state index < -0.39 is 0 Å². The maximum absolute atomic E-state index is 12.3. The molecule has 0 fully saturated rings. The van der Waals surface area contributed by atoms with Gasteiger partial charge in [0, 0.05) is 12.1 Å². The summed E-state index contributed by atoms with van der Waals surface area (Å²) in [4.78, 5) is 12.3. The molecule has 0 saturated heterocycles. The zero-order chi connectivity index (χ0) is 19.6. The zero-order valence-corrected chi connectivity index (χ0v) is 15.8. The van der Waals surface area contributed by atoms with E-state index in [2.05, 4.69) is 5.32 Å². The van der Waals surface area contributed by atoms with Crippen LogP contribution < -0.4 is 19.5 Å². The molecular weight excluding hydrogens is 354 g/mol. The Morgan fingerprint density at radius 2 is 1.32 bits per heavy atom. The van der Waals surface area contributed by atoms with Crippen LogP contribution in [-0.4, -0.2) is 26.2 Å². The summed E-state index contributed by atoms with van der Waals surface area (Å²) in [6.07, 6.45) is 0. The molecule has 144 valence electrons. The lowest BCUT2D eigenvalue weighted by atomic mass is 10.2. The van der Waals surface area contributed by atoms with Crippen LogP contribution in [0.15, 0.2) is 78.9 Å². The third-order valence-corrected chi connectivity index (χ3v) is 4.09. The largest absolute Gasteiger partial charge is 0.497 e. The van der Waals surface area contributed by atoms with Gasteiger partial charge in [-0.1, -0.05) is 30.3 Å². The fraction of sp³-hybridized carbons (Fsp3) is 0.174. The molecule has 5 nitrogen and oxygen atoms in total. The summed E-state index contributed by atoms with van der Waals surface area (Å²) in [6.45, 7) is 1.34. The summed E-state index contributed by atoms with van der Waals surface area (Å²) in [5.41, 5.74) is 1.59. The Kier molecular flexibility index (Phi) is 6.90.